The Morgan fingerprint density at radius 1 is 1.00 bits per heavy atom. The van der Waals surface area contributed by atoms with Gasteiger partial charge in [0, 0.05) is 6.42 Å². The fraction of sp³-hybridized carbons (Fsp3) is 0.500. The molecule has 0 saturated carbocycles. The number of rotatable bonds is 11. The molecule has 166 valence electrons. The van der Waals surface area contributed by atoms with Crippen LogP contribution in [0.25, 0.3) is 0 Å². The summed E-state index contributed by atoms with van der Waals surface area (Å²) in [5.41, 5.74) is 6.19. The van der Waals surface area contributed by atoms with Crippen LogP contribution in [0.5, 0.6) is 5.75 Å². The lowest BCUT2D eigenvalue weighted by molar-refractivity contribution is -0.133. The van der Waals surface area contributed by atoms with Gasteiger partial charge in [0.05, 0.1) is 12.6 Å². The Balaban J connectivity index is 3.04. The van der Waals surface area contributed by atoms with E-state index in [9.17, 15) is 24.3 Å². The molecule has 0 radical (unpaired) electrons. The van der Waals surface area contributed by atoms with Crippen molar-refractivity contribution in [1.82, 2.24) is 16.0 Å². The summed E-state index contributed by atoms with van der Waals surface area (Å²) in [6, 6.07) is 2.10. The maximum absolute atomic E-state index is 12.8. The third-order valence-corrected chi connectivity index (χ3v) is 4.36. The Hall–Kier alpha value is -2.98. The highest BCUT2D eigenvalue weighted by molar-refractivity contribution is 5.93. The van der Waals surface area contributed by atoms with Gasteiger partial charge in [0.25, 0.3) is 0 Å². The zero-order valence-corrected chi connectivity index (χ0v) is 17.3. The molecule has 0 aliphatic heterocycles. The van der Waals surface area contributed by atoms with E-state index in [2.05, 4.69) is 16.0 Å². The summed E-state index contributed by atoms with van der Waals surface area (Å²) < 4.78 is 0. The van der Waals surface area contributed by atoms with Gasteiger partial charge in [-0.05, 0) is 30.5 Å². The summed E-state index contributed by atoms with van der Waals surface area (Å²) >= 11 is 0. The molecule has 0 saturated heterocycles. The number of amides is 3. The lowest BCUT2D eigenvalue weighted by atomic mass is 10.0. The summed E-state index contributed by atoms with van der Waals surface area (Å²) in [6.45, 7) is 4.36. The summed E-state index contributed by atoms with van der Waals surface area (Å²) in [5, 5.41) is 26.1. The molecular weight excluding hydrogens is 392 g/mol. The van der Waals surface area contributed by atoms with Gasteiger partial charge in [-0.1, -0.05) is 26.0 Å². The molecule has 7 N–H and O–H groups in total. The van der Waals surface area contributed by atoms with E-state index >= 15 is 0 Å². The first-order valence-corrected chi connectivity index (χ1v) is 9.59. The number of phenolic OH excluding ortho intramolecular Hbond substituents is 1. The van der Waals surface area contributed by atoms with Crippen LogP contribution in [0.15, 0.2) is 24.3 Å². The average Bonchev–Trinajstić information content (AvgIpc) is 2.70. The lowest BCUT2D eigenvalue weighted by Gasteiger charge is -2.26. The van der Waals surface area contributed by atoms with Crippen LogP contribution in [0.2, 0.25) is 0 Å². The van der Waals surface area contributed by atoms with E-state index in [-0.39, 0.29) is 18.1 Å². The van der Waals surface area contributed by atoms with Gasteiger partial charge in [0.15, 0.2) is 0 Å². The van der Waals surface area contributed by atoms with Gasteiger partial charge < -0.3 is 36.7 Å². The Bertz CT molecular complexity index is 735. The second-order valence-corrected chi connectivity index (χ2v) is 7.38. The predicted molar refractivity (Wildman–Crippen MR) is 109 cm³/mol. The van der Waals surface area contributed by atoms with Gasteiger partial charge in [0.1, 0.15) is 30.2 Å². The monoisotopic (exact) mass is 422 g/mol. The lowest BCUT2D eigenvalue weighted by Crippen LogP contribution is -2.58. The van der Waals surface area contributed by atoms with E-state index in [1.165, 1.54) is 19.1 Å². The number of aliphatic hydroxyl groups excluding tert-OH is 1. The van der Waals surface area contributed by atoms with Crippen molar-refractivity contribution in [1.29, 1.82) is 0 Å². The molecule has 3 amide bonds. The number of aromatic hydroxyl groups is 1. The fourth-order valence-corrected chi connectivity index (χ4v) is 2.56. The van der Waals surface area contributed by atoms with Gasteiger partial charge >= 0.3 is 0 Å². The molecule has 0 aliphatic carbocycles. The molecule has 0 aliphatic rings. The van der Waals surface area contributed by atoms with Crippen LogP contribution in [0, 0.1) is 5.92 Å². The predicted octanol–water partition coefficient (Wildman–Crippen LogP) is -1.42. The fourth-order valence-electron chi connectivity index (χ4n) is 2.56. The first-order valence-electron chi connectivity index (χ1n) is 9.59. The first-order chi connectivity index (χ1) is 14.1. The van der Waals surface area contributed by atoms with Crippen LogP contribution in [0.1, 0.15) is 26.3 Å². The molecule has 0 heterocycles. The summed E-state index contributed by atoms with van der Waals surface area (Å²) in [4.78, 5) is 48.4. The molecule has 0 aromatic heterocycles. The second kappa shape index (κ2) is 11.9. The number of aldehydes is 1. The van der Waals surface area contributed by atoms with E-state index in [1.54, 1.807) is 26.0 Å². The number of hydrogen-bond donors (Lipinski definition) is 6. The van der Waals surface area contributed by atoms with Crippen molar-refractivity contribution >= 4 is 24.0 Å². The molecular formula is C20H30N4O6. The molecule has 1 aromatic carbocycles. The number of nitrogens with two attached hydrogens (primary N) is 1. The Kier molecular flexibility index (Phi) is 9.93. The van der Waals surface area contributed by atoms with Crippen LogP contribution in [0.4, 0.5) is 0 Å². The maximum atomic E-state index is 12.8. The van der Waals surface area contributed by atoms with Crippen molar-refractivity contribution in [3.05, 3.63) is 29.8 Å². The van der Waals surface area contributed by atoms with E-state index in [0.717, 1.165) is 0 Å². The molecule has 4 atom stereocenters. The molecule has 1 rings (SSSR count). The number of carbonyl (C=O) groups excluding carboxylic acids is 4. The minimum absolute atomic E-state index is 0.0450. The minimum Gasteiger partial charge on any atom is -0.508 e. The zero-order chi connectivity index (χ0) is 22.8. The molecule has 0 unspecified atom stereocenters. The van der Waals surface area contributed by atoms with Crippen molar-refractivity contribution in [2.75, 3.05) is 6.61 Å². The molecule has 30 heavy (non-hydrogen) atoms. The molecule has 0 bridgehead atoms. The number of benzene rings is 1. The van der Waals surface area contributed by atoms with Crippen molar-refractivity contribution in [2.24, 2.45) is 11.7 Å². The number of aliphatic hydroxyl groups is 1. The van der Waals surface area contributed by atoms with E-state index < -0.39 is 48.5 Å². The van der Waals surface area contributed by atoms with Crippen molar-refractivity contribution in [3.8, 4) is 5.75 Å². The quantitative estimate of drug-likeness (QED) is 0.238. The van der Waals surface area contributed by atoms with Crippen LogP contribution < -0.4 is 21.7 Å². The second-order valence-electron chi connectivity index (χ2n) is 7.38. The van der Waals surface area contributed by atoms with Gasteiger partial charge in [-0.25, -0.2) is 0 Å². The van der Waals surface area contributed by atoms with Gasteiger partial charge in [-0.2, -0.15) is 0 Å². The van der Waals surface area contributed by atoms with Gasteiger partial charge in [-0.3, -0.25) is 14.4 Å². The average molecular weight is 422 g/mol. The standard InChI is InChI=1S/C20H30N4O6/c1-11(2)17(24-18(28)12(3)21)20(30)23-16(19(29)22-14(9-25)10-26)8-13-4-6-15(27)7-5-13/h4-7,9,11-12,14,16-17,26-27H,8,10,21H2,1-3H3,(H,22,29)(H,23,30)(H,24,28)/t12-,14+,16-,17-/m0/s1. The Morgan fingerprint density at radius 2 is 1.60 bits per heavy atom. The van der Waals surface area contributed by atoms with Crippen LogP contribution in [0.3, 0.4) is 0 Å². The molecule has 0 fully saturated rings. The number of phenols is 1. The number of hydrogen-bond acceptors (Lipinski definition) is 7. The Morgan fingerprint density at radius 3 is 2.07 bits per heavy atom. The number of carbonyl (C=O) groups is 4. The topological polar surface area (TPSA) is 171 Å². The van der Waals surface area contributed by atoms with E-state index in [4.69, 9.17) is 10.8 Å². The largest absolute Gasteiger partial charge is 0.508 e. The molecule has 0 spiro atoms. The highest BCUT2D eigenvalue weighted by atomic mass is 16.3. The summed E-state index contributed by atoms with van der Waals surface area (Å²) in [7, 11) is 0. The van der Waals surface area contributed by atoms with Crippen molar-refractivity contribution in [3.63, 3.8) is 0 Å². The zero-order valence-electron chi connectivity index (χ0n) is 17.3. The Labute approximate surface area is 175 Å². The maximum Gasteiger partial charge on any atom is 0.243 e. The van der Waals surface area contributed by atoms with Gasteiger partial charge in [-0.15, -0.1) is 0 Å². The van der Waals surface area contributed by atoms with Crippen LogP contribution in [-0.4, -0.2) is 65.0 Å². The molecule has 1 aromatic rings. The molecule has 10 heteroatoms. The first kappa shape index (κ1) is 25.1. The smallest absolute Gasteiger partial charge is 0.243 e. The highest BCUT2D eigenvalue weighted by Crippen LogP contribution is 2.12. The van der Waals surface area contributed by atoms with E-state index in [1.807, 2.05) is 0 Å². The third-order valence-electron chi connectivity index (χ3n) is 4.36. The van der Waals surface area contributed by atoms with Crippen molar-refractivity contribution < 1.29 is 29.4 Å². The van der Waals surface area contributed by atoms with Gasteiger partial charge in [0.2, 0.25) is 17.7 Å². The summed E-state index contributed by atoms with van der Waals surface area (Å²) in [5.74, 6) is -2.02. The minimum atomic E-state index is -1.12. The molecule has 10 nitrogen and oxygen atoms in total. The SMILES string of the molecule is CC(C)[C@H](NC(=O)[C@H](C)N)C(=O)N[C@@H](Cc1ccc(O)cc1)C(=O)N[C@H](C=O)CO. The van der Waals surface area contributed by atoms with Crippen LogP contribution in [-0.2, 0) is 25.6 Å². The van der Waals surface area contributed by atoms with E-state index in [0.29, 0.717) is 11.8 Å². The third kappa shape index (κ3) is 7.80. The summed E-state index contributed by atoms with van der Waals surface area (Å²) in [6.07, 6.45) is 0.442. The van der Waals surface area contributed by atoms with Crippen molar-refractivity contribution in [2.45, 2.75) is 51.4 Å². The normalized spacial score (nSPS) is 14.9. The van der Waals surface area contributed by atoms with Crippen LogP contribution >= 0.6 is 0 Å². The highest BCUT2D eigenvalue weighted by Gasteiger charge is 2.30. The number of nitrogens with one attached hydrogen (secondary N) is 3.